The van der Waals surface area contributed by atoms with Crippen LogP contribution in [0, 0.1) is 5.92 Å². The molecule has 0 aromatic heterocycles. The smallest absolute Gasteiger partial charge is 0.138 e. The summed E-state index contributed by atoms with van der Waals surface area (Å²) in [6, 6.07) is 16.9. The maximum atomic E-state index is 14.1. The van der Waals surface area contributed by atoms with Crippen molar-refractivity contribution in [2.24, 2.45) is 5.92 Å². The van der Waals surface area contributed by atoms with Crippen LogP contribution < -0.4 is 14.8 Å². The van der Waals surface area contributed by atoms with Crippen molar-refractivity contribution in [3.63, 3.8) is 0 Å². The van der Waals surface area contributed by atoms with Gasteiger partial charge in [0.05, 0.1) is 35.0 Å². The van der Waals surface area contributed by atoms with E-state index in [4.69, 9.17) is 32.7 Å². The summed E-state index contributed by atoms with van der Waals surface area (Å²) in [6.45, 7) is 12.9. The van der Waals surface area contributed by atoms with E-state index in [2.05, 4.69) is 58.4 Å². The molecule has 1 unspecified atom stereocenters. The molecule has 0 radical (unpaired) electrons. The Labute approximate surface area is 290 Å². The van der Waals surface area contributed by atoms with Crippen molar-refractivity contribution in [2.45, 2.75) is 84.0 Å². The molecule has 254 valence electrons. The van der Waals surface area contributed by atoms with Gasteiger partial charge in [-0.25, -0.2) is 4.39 Å². The topological polar surface area (TPSA) is 37.0 Å². The van der Waals surface area contributed by atoms with Crippen LogP contribution >= 0.6 is 23.2 Å². The minimum Gasteiger partial charge on any atom is -0.493 e. The number of piperidine rings is 2. The van der Waals surface area contributed by atoms with Crippen LogP contribution in [0.3, 0.4) is 0 Å². The molecule has 6 rings (SSSR count). The first-order valence-corrected chi connectivity index (χ1v) is 18.3. The third kappa shape index (κ3) is 8.39. The molecular weight excluding hydrogens is 632 g/mol. The number of nitrogens with one attached hydrogen (secondary N) is 1. The summed E-state index contributed by atoms with van der Waals surface area (Å²) < 4.78 is 26.5. The zero-order chi connectivity index (χ0) is 33.0. The highest BCUT2D eigenvalue weighted by atomic mass is 35.5. The van der Waals surface area contributed by atoms with Crippen LogP contribution in [0.25, 0.3) is 11.1 Å². The normalized spacial score (nSPS) is 20.3. The van der Waals surface area contributed by atoms with E-state index in [9.17, 15) is 4.39 Å². The minimum absolute atomic E-state index is 0.134. The highest BCUT2D eigenvalue weighted by Crippen LogP contribution is 2.44. The van der Waals surface area contributed by atoms with Crippen LogP contribution in [0.1, 0.15) is 82.0 Å². The number of nitrogens with zero attached hydrogens (tertiary/aromatic N) is 2. The van der Waals surface area contributed by atoms with E-state index < -0.39 is 5.67 Å². The van der Waals surface area contributed by atoms with Gasteiger partial charge in [0, 0.05) is 43.4 Å². The summed E-state index contributed by atoms with van der Waals surface area (Å²) in [5, 5.41) is 5.14. The van der Waals surface area contributed by atoms with Crippen molar-refractivity contribution in [2.75, 3.05) is 51.3 Å². The number of hydrogen-bond acceptors (Lipinski definition) is 5. The van der Waals surface area contributed by atoms with Crippen molar-refractivity contribution < 1.29 is 13.9 Å². The highest BCUT2D eigenvalue weighted by molar-refractivity contribution is 6.35. The van der Waals surface area contributed by atoms with Crippen LogP contribution in [0.2, 0.25) is 10.0 Å². The second kappa shape index (κ2) is 15.4. The first-order valence-electron chi connectivity index (χ1n) is 17.6. The van der Waals surface area contributed by atoms with Gasteiger partial charge in [-0.05, 0) is 107 Å². The Kier molecular flexibility index (Phi) is 11.2. The first-order chi connectivity index (χ1) is 22.7. The van der Waals surface area contributed by atoms with E-state index in [0.29, 0.717) is 36.8 Å². The molecule has 3 aliphatic rings. The molecule has 2 aliphatic heterocycles. The van der Waals surface area contributed by atoms with E-state index >= 15 is 0 Å². The minimum atomic E-state index is -1.02. The average Bonchev–Trinajstić information content (AvgIpc) is 3.47. The van der Waals surface area contributed by atoms with E-state index in [-0.39, 0.29) is 6.04 Å². The Hall–Kier alpha value is -2.51. The molecule has 1 aliphatic carbocycles. The molecule has 1 atom stereocenters. The first kappa shape index (κ1) is 34.4. The van der Waals surface area contributed by atoms with Crippen molar-refractivity contribution in [1.82, 2.24) is 9.80 Å². The Morgan fingerprint density at radius 3 is 2.43 bits per heavy atom. The molecule has 0 spiro atoms. The fourth-order valence-electron chi connectivity index (χ4n) is 7.37. The van der Waals surface area contributed by atoms with Crippen LogP contribution in [-0.4, -0.2) is 61.4 Å². The van der Waals surface area contributed by atoms with Gasteiger partial charge in [0.25, 0.3) is 0 Å². The van der Waals surface area contributed by atoms with Gasteiger partial charge in [0.15, 0.2) is 0 Å². The quantitative estimate of drug-likeness (QED) is 0.193. The summed E-state index contributed by atoms with van der Waals surface area (Å²) in [5.74, 6) is 2.42. The van der Waals surface area contributed by atoms with Gasteiger partial charge in [-0.15, -0.1) is 0 Å². The predicted molar refractivity (Wildman–Crippen MR) is 193 cm³/mol. The molecule has 1 N–H and O–H groups in total. The standard InChI is InChI=1S/C39H50Cl2FN3O2/c1-4-46-37-25-35(33(40)24-28(37)26-45-19-14-27(2)15-20-45)43-34-13-12-30-29(8-5-9-31(30)34)32-10-6-11-36(38(32)41)47-23-7-18-44-21-16-39(3,42)17-22-44/h5-6,8-11,24-25,27,34,43H,4,7,12-23,26H2,1-3H3. The molecule has 2 heterocycles. The molecule has 2 fully saturated rings. The van der Waals surface area contributed by atoms with Crippen molar-refractivity contribution in [3.05, 3.63) is 75.3 Å². The summed E-state index contributed by atoms with van der Waals surface area (Å²) in [5.41, 5.74) is 5.77. The van der Waals surface area contributed by atoms with Gasteiger partial charge >= 0.3 is 0 Å². The molecule has 5 nitrogen and oxygen atoms in total. The van der Waals surface area contributed by atoms with Gasteiger partial charge in [-0.1, -0.05) is 60.5 Å². The number of halogens is 3. The molecule has 3 aromatic rings. The molecule has 0 saturated carbocycles. The number of hydrogen-bond donors (Lipinski definition) is 1. The lowest BCUT2D eigenvalue weighted by atomic mass is 9.96. The molecular formula is C39H50Cl2FN3O2. The van der Waals surface area contributed by atoms with Crippen molar-refractivity contribution in [1.29, 1.82) is 0 Å². The van der Waals surface area contributed by atoms with E-state index in [1.165, 1.54) is 24.0 Å². The second-order valence-corrected chi connectivity index (χ2v) is 14.8. The Morgan fingerprint density at radius 2 is 1.66 bits per heavy atom. The Balaban J connectivity index is 1.13. The van der Waals surface area contributed by atoms with Crippen LogP contribution in [0.5, 0.6) is 11.5 Å². The molecule has 3 aromatic carbocycles. The van der Waals surface area contributed by atoms with E-state index in [1.807, 2.05) is 19.1 Å². The maximum absolute atomic E-state index is 14.1. The summed E-state index contributed by atoms with van der Waals surface area (Å²) >= 11 is 13.9. The van der Waals surface area contributed by atoms with E-state index in [1.54, 1.807) is 6.92 Å². The van der Waals surface area contributed by atoms with Gasteiger partial charge in [0.1, 0.15) is 17.2 Å². The summed E-state index contributed by atoms with van der Waals surface area (Å²) in [6.07, 6.45) is 6.47. The molecule has 2 saturated heterocycles. The van der Waals surface area contributed by atoms with Gasteiger partial charge < -0.3 is 19.7 Å². The zero-order valence-corrected chi connectivity index (χ0v) is 29.7. The fourth-order valence-corrected chi connectivity index (χ4v) is 7.89. The maximum Gasteiger partial charge on any atom is 0.138 e. The van der Waals surface area contributed by atoms with Gasteiger partial charge in [0.2, 0.25) is 0 Å². The highest BCUT2D eigenvalue weighted by Gasteiger charge is 2.30. The van der Waals surface area contributed by atoms with Gasteiger partial charge in [-0.3, -0.25) is 4.90 Å². The molecule has 8 heteroatoms. The number of ether oxygens (including phenoxy) is 2. The predicted octanol–water partition coefficient (Wildman–Crippen LogP) is 9.98. The van der Waals surface area contributed by atoms with Crippen LogP contribution in [0.4, 0.5) is 10.1 Å². The average molecular weight is 683 g/mol. The number of anilines is 1. The molecule has 0 amide bonds. The van der Waals surface area contributed by atoms with Gasteiger partial charge in [-0.2, -0.15) is 0 Å². The summed E-state index contributed by atoms with van der Waals surface area (Å²) in [4.78, 5) is 4.84. The Morgan fingerprint density at radius 1 is 0.915 bits per heavy atom. The lowest BCUT2D eigenvalue weighted by molar-refractivity contribution is 0.0715. The monoisotopic (exact) mass is 681 g/mol. The van der Waals surface area contributed by atoms with E-state index in [0.717, 1.165) is 97.6 Å². The number of likely N-dealkylation sites (tertiary alicyclic amines) is 2. The third-order valence-corrected chi connectivity index (χ3v) is 11.1. The molecule has 47 heavy (non-hydrogen) atoms. The zero-order valence-electron chi connectivity index (χ0n) is 28.2. The summed E-state index contributed by atoms with van der Waals surface area (Å²) in [7, 11) is 0. The van der Waals surface area contributed by atoms with Crippen molar-refractivity contribution >= 4 is 28.9 Å². The molecule has 0 bridgehead atoms. The van der Waals surface area contributed by atoms with Crippen LogP contribution in [-0.2, 0) is 13.0 Å². The largest absolute Gasteiger partial charge is 0.493 e. The number of alkyl halides is 1. The Bertz CT molecular complexity index is 1510. The third-order valence-electron chi connectivity index (χ3n) is 10.3. The fraction of sp³-hybridized carbons (Fsp3) is 0.538. The van der Waals surface area contributed by atoms with Crippen molar-refractivity contribution in [3.8, 4) is 22.6 Å². The van der Waals surface area contributed by atoms with Crippen LogP contribution in [0.15, 0.2) is 48.5 Å². The SMILES string of the molecule is CCOc1cc(NC2CCc3c(-c4cccc(OCCCN5CCC(C)(F)CC5)c4Cl)cccc32)c(Cl)cc1CN1CCC(C)CC1. The second-order valence-electron chi connectivity index (χ2n) is 14.0. The number of benzene rings is 3. The lowest BCUT2D eigenvalue weighted by Gasteiger charge is -2.34. The lowest BCUT2D eigenvalue weighted by Crippen LogP contribution is -2.40. The number of fused-ring (bicyclic) bond motifs is 1. The number of rotatable bonds is 12.